The van der Waals surface area contributed by atoms with Gasteiger partial charge in [-0.05, 0) is 66.9 Å². The standard InChI is InChI=1S/C32H32O13/c1-17(33)2-3-18-6-11-22(12-7-18)43-32-30(45-26(37)13-8-19-4-9-21(34)10-5-19)29(40)28(39)25(44-32)16-42-31(41)20-14-23(35)27(38)24(36)15-20/h4-15,25,28-30,32,34-36,38-40H,2-3,16H2,1H3/b13-8+/t25-,28-,29+,30-,32-/m1/s1. The first-order valence-electron chi connectivity index (χ1n) is 13.8. The van der Waals surface area contributed by atoms with Crippen LogP contribution in [0.5, 0.6) is 28.7 Å². The molecule has 0 aromatic heterocycles. The molecule has 4 rings (SSSR count). The van der Waals surface area contributed by atoms with Gasteiger partial charge in [0, 0.05) is 12.5 Å². The van der Waals surface area contributed by atoms with Crippen molar-refractivity contribution >= 4 is 23.8 Å². The highest BCUT2D eigenvalue weighted by Crippen LogP contribution is 2.35. The van der Waals surface area contributed by atoms with Crippen molar-refractivity contribution < 1.29 is 64.0 Å². The maximum absolute atomic E-state index is 12.7. The van der Waals surface area contributed by atoms with Crippen LogP contribution < -0.4 is 4.74 Å². The van der Waals surface area contributed by atoms with Gasteiger partial charge in [0.25, 0.3) is 0 Å². The van der Waals surface area contributed by atoms with Gasteiger partial charge in [0.05, 0.1) is 5.56 Å². The summed E-state index contributed by atoms with van der Waals surface area (Å²) in [6, 6.07) is 14.3. The molecule has 13 nitrogen and oxygen atoms in total. The number of ether oxygens (including phenoxy) is 4. The molecule has 238 valence electrons. The van der Waals surface area contributed by atoms with E-state index in [0.717, 1.165) is 23.8 Å². The van der Waals surface area contributed by atoms with Crippen molar-refractivity contribution in [1.29, 1.82) is 0 Å². The van der Waals surface area contributed by atoms with Crippen LogP contribution in [-0.4, -0.2) is 85.7 Å². The third-order valence-electron chi connectivity index (χ3n) is 6.83. The number of esters is 2. The first-order valence-corrected chi connectivity index (χ1v) is 13.8. The Kier molecular flexibility index (Phi) is 10.6. The topological polar surface area (TPSA) is 210 Å². The SMILES string of the molecule is CC(=O)CCc1ccc(O[C@@H]2O[C@H](COC(=O)c3cc(O)c(O)c(O)c3)[C@@H](O)[C@H](O)[C@H]2OC(=O)/C=C/c2ccc(O)cc2)cc1. The van der Waals surface area contributed by atoms with Crippen LogP contribution in [0.3, 0.4) is 0 Å². The van der Waals surface area contributed by atoms with E-state index < -0.39 is 66.5 Å². The summed E-state index contributed by atoms with van der Waals surface area (Å²) in [7, 11) is 0. The van der Waals surface area contributed by atoms with Crippen molar-refractivity contribution in [2.24, 2.45) is 0 Å². The van der Waals surface area contributed by atoms with Crippen LogP contribution in [0.4, 0.5) is 0 Å². The number of aromatic hydroxyl groups is 4. The molecule has 1 saturated heterocycles. The summed E-state index contributed by atoms with van der Waals surface area (Å²) in [6.07, 6.45) is -4.58. The van der Waals surface area contributed by atoms with Crippen LogP contribution in [0.1, 0.15) is 34.8 Å². The van der Waals surface area contributed by atoms with Gasteiger partial charge < -0.3 is 54.4 Å². The number of hydrogen-bond donors (Lipinski definition) is 6. The highest BCUT2D eigenvalue weighted by Gasteiger charge is 2.48. The summed E-state index contributed by atoms with van der Waals surface area (Å²) in [5, 5.41) is 60.1. The van der Waals surface area contributed by atoms with Gasteiger partial charge in [-0.25, -0.2) is 9.59 Å². The van der Waals surface area contributed by atoms with Gasteiger partial charge in [0.2, 0.25) is 6.29 Å². The minimum Gasteiger partial charge on any atom is -0.508 e. The number of benzene rings is 3. The Morgan fingerprint density at radius 2 is 1.53 bits per heavy atom. The molecule has 1 aliphatic rings. The molecule has 13 heteroatoms. The molecule has 1 heterocycles. The van der Waals surface area contributed by atoms with Crippen LogP contribution in [0.25, 0.3) is 6.08 Å². The third-order valence-corrected chi connectivity index (χ3v) is 6.83. The molecule has 0 aliphatic carbocycles. The van der Waals surface area contributed by atoms with Crippen LogP contribution in [-0.2, 0) is 30.2 Å². The summed E-state index contributed by atoms with van der Waals surface area (Å²) >= 11 is 0. The average molecular weight is 625 g/mol. The second kappa shape index (κ2) is 14.6. The minimum absolute atomic E-state index is 0.0355. The van der Waals surface area contributed by atoms with Crippen LogP contribution in [0.2, 0.25) is 0 Å². The van der Waals surface area contributed by atoms with E-state index in [2.05, 4.69) is 0 Å². The number of ketones is 1. The van der Waals surface area contributed by atoms with Crippen LogP contribution in [0, 0.1) is 0 Å². The van der Waals surface area contributed by atoms with E-state index in [1.165, 1.54) is 25.1 Å². The van der Waals surface area contributed by atoms with Gasteiger partial charge in [0.1, 0.15) is 42.2 Å². The maximum atomic E-state index is 12.7. The zero-order valence-electron chi connectivity index (χ0n) is 24.0. The molecule has 0 amide bonds. The van der Waals surface area contributed by atoms with Crippen molar-refractivity contribution in [3.63, 3.8) is 0 Å². The lowest BCUT2D eigenvalue weighted by Crippen LogP contribution is -2.61. The number of aliphatic hydroxyl groups is 2. The lowest BCUT2D eigenvalue weighted by molar-refractivity contribution is -0.281. The number of aliphatic hydroxyl groups excluding tert-OH is 2. The molecule has 3 aromatic rings. The Hall–Kier alpha value is -5.11. The fourth-order valence-corrected chi connectivity index (χ4v) is 4.34. The molecule has 0 unspecified atom stereocenters. The second-order valence-electron chi connectivity index (χ2n) is 10.3. The number of phenols is 4. The van der Waals surface area contributed by atoms with Crippen molar-refractivity contribution in [3.05, 3.63) is 83.4 Å². The Morgan fingerprint density at radius 3 is 2.16 bits per heavy atom. The number of hydrogen-bond acceptors (Lipinski definition) is 13. The van der Waals surface area contributed by atoms with E-state index in [9.17, 15) is 45.0 Å². The quantitative estimate of drug-likeness (QED) is 0.103. The van der Waals surface area contributed by atoms with Crippen molar-refractivity contribution in [3.8, 4) is 28.7 Å². The summed E-state index contributed by atoms with van der Waals surface area (Å²) in [4.78, 5) is 36.5. The lowest BCUT2D eigenvalue weighted by atomic mass is 9.99. The minimum atomic E-state index is -1.77. The smallest absolute Gasteiger partial charge is 0.338 e. The highest BCUT2D eigenvalue weighted by molar-refractivity contribution is 5.91. The van der Waals surface area contributed by atoms with Gasteiger partial charge in [-0.2, -0.15) is 0 Å². The van der Waals surface area contributed by atoms with Gasteiger partial charge in [-0.15, -0.1) is 0 Å². The van der Waals surface area contributed by atoms with Gasteiger partial charge in [-0.3, -0.25) is 0 Å². The van der Waals surface area contributed by atoms with Crippen molar-refractivity contribution in [2.45, 2.75) is 50.5 Å². The number of carbonyl (C=O) groups is 3. The molecule has 0 bridgehead atoms. The Bertz CT molecular complexity index is 1510. The van der Waals surface area contributed by atoms with Crippen LogP contribution in [0.15, 0.2) is 66.7 Å². The number of Topliss-reactive ketones (excluding diaryl/α,β-unsaturated/α-hetero) is 1. The molecule has 0 saturated carbocycles. The average Bonchev–Trinajstić information content (AvgIpc) is 3.01. The largest absolute Gasteiger partial charge is 0.508 e. The van der Waals surface area contributed by atoms with Crippen molar-refractivity contribution in [2.75, 3.05) is 6.61 Å². The molecule has 5 atom stereocenters. The summed E-state index contributed by atoms with van der Waals surface area (Å²) in [6.45, 7) is 0.857. The van der Waals surface area contributed by atoms with E-state index >= 15 is 0 Å². The summed E-state index contributed by atoms with van der Waals surface area (Å²) in [5.41, 5.74) is 1.11. The number of rotatable bonds is 11. The summed E-state index contributed by atoms with van der Waals surface area (Å²) < 4.78 is 22.3. The van der Waals surface area contributed by atoms with E-state index in [-0.39, 0.29) is 22.8 Å². The highest BCUT2D eigenvalue weighted by atomic mass is 16.7. The normalized spacial score (nSPS) is 21.3. The molecule has 3 aromatic carbocycles. The number of phenolic OH excluding ortho intramolecular Hbond substituents is 4. The second-order valence-corrected chi connectivity index (χ2v) is 10.3. The molecule has 0 radical (unpaired) electrons. The van der Waals surface area contributed by atoms with Crippen LogP contribution >= 0.6 is 0 Å². The van der Waals surface area contributed by atoms with E-state index in [1.807, 2.05) is 0 Å². The molecule has 6 N–H and O–H groups in total. The zero-order chi connectivity index (χ0) is 32.7. The molecule has 1 aliphatic heterocycles. The summed E-state index contributed by atoms with van der Waals surface area (Å²) in [5.74, 6) is -4.02. The third kappa shape index (κ3) is 8.72. The van der Waals surface area contributed by atoms with Gasteiger partial charge >= 0.3 is 11.9 Å². The van der Waals surface area contributed by atoms with E-state index in [4.69, 9.17) is 18.9 Å². The first-order chi connectivity index (χ1) is 21.4. The lowest BCUT2D eigenvalue weighted by Gasteiger charge is -2.41. The Balaban J connectivity index is 1.50. The Morgan fingerprint density at radius 1 is 0.889 bits per heavy atom. The molecule has 1 fully saturated rings. The van der Waals surface area contributed by atoms with E-state index in [1.54, 1.807) is 36.4 Å². The number of carbonyl (C=O) groups excluding carboxylic acids is 3. The van der Waals surface area contributed by atoms with Crippen molar-refractivity contribution in [1.82, 2.24) is 0 Å². The predicted octanol–water partition coefficient (Wildman–Crippen LogP) is 2.34. The van der Waals surface area contributed by atoms with Gasteiger partial charge in [0.15, 0.2) is 23.4 Å². The maximum Gasteiger partial charge on any atom is 0.338 e. The predicted molar refractivity (Wildman–Crippen MR) is 155 cm³/mol. The molecular formula is C32H32O13. The number of aryl methyl sites for hydroxylation is 1. The van der Waals surface area contributed by atoms with E-state index in [0.29, 0.717) is 18.4 Å². The molecular weight excluding hydrogens is 592 g/mol. The Labute approximate surface area is 257 Å². The van der Waals surface area contributed by atoms with Gasteiger partial charge in [-0.1, -0.05) is 24.3 Å². The molecule has 45 heavy (non-hydrogen) atoms. The molecule has 0 spiro atoms. The fraction of sp³-hybridized carbons (Fsp3) is 0.281. The zero-order valence-corrected chi connectivity index (χ0v) is 24.0. The fourth-order valence-electron chi connectivity index (χ4n) is 4.34. The monoisotopic (exact) mass is 624 g/mol. The first kappa shape index (κ1) is 32.8.